The molecule has 5 atom stereocenters. The number of rotatable bonds is 10. The van der Waals surface area contributed by atoms with Crippen molar-refractivity contribution >= 4 is 108 Å². The molecule has 2 aromatic carbocycles. The van der Waals surface area contributed by atoms with Crippen molar-refractivity contribution in [3.05, 3.63) is 84.2 Å². The molecule has 2 aromatic heterocycles. The third kappa shape index (κ3) is 13.7. The number of nitrogens with zero attached hydrogens (tertiary/aromatic N) is 5. The molecular formula is C51H75N7O8S5. The number of aromatic nitrogens is 2. The van der Waals surface area contributed by atoms with Gasteiger partial charge < -0.3 is 34.3 Å². The maximum atomic E-state index is 14.7. The third-order valence-electron chi connectivity index (χ3n) is 13.4. The van der Waals surface area contributed by atoms with Crippen LogP contribution in [0, 0.1) is 17.3 Å². The minimum Gasteiger partial charge on any atom is -0.508 e. The van der Waals surface area contributed by atoms with E-state index < -0.39 is 47.2 Å². The highest BCUT2D eigenvalue weighted by molar-refractivity contribution is 7.60. The van der Waals surface area contributed by atoms with Crippen molar-refractivity contribution in [3.63, 3.8) is 0 Å². The van der Waals surface area contributed by atoms with E-state index in [2.05, 4.69) is 59.8 Å². The Hall–Kier alpha value is -4.31. The van der Waals surface area contributed by atoms with Gasteiger partial charge in [-0.05, 0) is 110 Å². The molecule has 20 heteroatoms. The fraction of sp³-hybridized carbons (Fsp3) is 0.490. The number of pyridine rings is 1. The van der Waals surface area contributed by atoms with Crippen LogP contribution >= 0.6 is 67.5 Å². The van der Waals surface area contributed by atoms with Crippen molar-refractivity contribution in [2.45, 2.75) is 104 Å². The highest BCUT2D eigenvalue weighted by atomic mass is 32.1. The zero-order valence-corrected chi connectivity index (χ0v) is 47.1. The number of aryl methyl sites for hydroxylation is 1. The highest BCUT2D eigenvalue weighted by Crippen LogP contribution is 2.42. The second kappa shape index (κ2) is 26.6. The van der Waals surface area contributed by atoms with Crippen LogP contribution < -0.4 is 10.7 Å². The van der Waals surface area contributed by atoms with Crippen LogP contribution in [-0.2, 0) is 52.8 Å². The van der Waals surface area contributed by atoms with E-state index >= 15 is 0 Å². The maximum Gasteiger partial charge on any atom is 0.324 e. The summed E-state index contributed by atoms with van der Waals surface area (Å²) in [5, 5.41) is 16.7. The Labute approximate surface area is 453 Å². The number of benzene rings is 2. The molecular weight excluding hydrogens is 999 g/mol. The number of phenols is 1. The number of likely N-dealkylation sites (N-methyl/N-ethyl adjacent to an activating group) is 1. The van der Waals surface area contributed by atoms with E-state index in [1.165, 1.54) is 16.0 Å². The first-order valence-corrected chi connectivity index (χ1v) is 23.1. The molecule has 5 heterocycles. The van der Waals surface area contributed by atoms with E-state index in [1.54, 1.807) is 37.4 Å². The number of carbonyl (C=O) groups is 5. The van der Waals surface area contributed by atoms with E-state index in [4.69, 9.17) is 9.47 Å². The van der Waals surface area contributed by atoms with Gasteiger partial charge in [-0.15, -0.1) is 0 Å². The van der Waals surface area contributed by atoms with Crippen LogP contribution in [0.2, 0.25) is 0 Å². The number of nitrogens with one attached hydrogen (secondary N) is 2. The molecule has 0 aliphatic carbocycles. The van der Waals surface area contributed by atoms with Crippen molar-refractivity contribution in [1.29, 1.82) is 0 Å². The molecule has 3 aliphatic rings. The number of fused-ring (bicyclic) bond motifs is 6. The van der Waals surface area contributed by atoms with Crippen LogP contribution in [-0.4, -0.2) is 118 Å². The number of cyclic esters (lactones) is 1. The summed E-state index contributed by atoms with van der Waals surface area (Å²) < 4.78 is 14.2. The van der Waals surface area contributed by atoms with Crippen molar-refractivity contribution in [1.82, 2.24) is 35.1 Å². The minimum absolute atomic E-state index is 0. The molecule has 4 aromatic rings. The minimum atomic E-state index is -1.16. The van der Waals surface area contributed by atoms with Gasteiger partial charge in [0.2, 0.25) is 17.7 Å². The van der Waals surface area contributed by atoms with E-state index in [0.29, 0.717) is 49.9 Å². The zero-order valence-electron chi connectivity index (χ0n) is 42.1. The number of phenolic OH excluding ortho intramolecular Hbond substituents is 1. The molecule has 15 nitrogen and oxygen atoms in total. The zero-order chi connectivity index (χ0) is 47.6. The van der Waals surface area contributed by atoms with E-state index in [-0.39, 0.29) is 123 Å². The number of amides is 4. The van der Waals surface area contributed by atoms with Crippen LogP contribution in [0.25, 0.3) is 33.3 Å². The molecule has 392 valence electrons. The Morgan fingerprint density at radius 3 is 2.41 bits per heavy atom. The first-order valence-electron chi connectivity index (χ1n) is 23.1. The van der Waals surface area contributed by atoms with Crippen LogP contribution in [0.5, 0.6) is 5.75 Å². The van der Waals surface area contributed by atoms with Crippen LogP contribution in [0.3, 0.4) is 0 Å². The monoisotopic (exact) mass is 1070 g/mol. The van der Waals surface area contributed by atoms with Crippen LogP contribution in [0.4, 0.5) is 0 Å². The van der Waals surface area contributed by atoms with Crippen LogP contribution in [0.15, 0.2) is 67.5 Å². The number of ether oxygens (including phenoxy) is 2. The van der Waals surface area contributed by atoms with Gasteiger partial charge in [0.1, 0.15) is 23.9 Å². The fourth-order valence-electron chi connectivity index (χ4n) is 10.00. The Bertz CT molecular complexity index is 2540. The molecule has 0 unspecified atom stereocenters. The number of hydrazine groups is 1. The molecule has 2 saturated heterocycles. The highest BCUT2D eigenvalue weighted by Gasteiger charge is 2.40. The molecule has 3 N–H and O–H groups in total. The first-order chi connectivity index (χ1) is 31.4. The summed E-state index contributed by atoms with van der Waals surface area (Å²) >= 11 is 0. The molecule has 0 spiro atoms. The summed E-state index contributed by atoms with van der Waals surface area (Å²) in [6.45, 7) is 17.2. The average molecular weight is 1070 g/mol. The quantitative estimate of drug-likeness (QED) is 0.117. The van der Waals surface area contributed by atoms with Gasteiger partial charge in [0.05, 0.1) is 24.3 Å². The Balaban J connectivity index is 0.00000346. The number of methoxy groups -OCH3 is 1. The molecule has 3 aliphatic heterocycles. The maximum absolute atomic E-state index is 14.7. The fourth-order valence-corrected chi connectivity index (χ4v) is 10.00. The Kier molecular flexibility index (Phi) is 23.5. The summed E-state index contributed by atoms with van der Waals surface area (Å²) in [6, 6.07) is 10.5. The second-order valence-electron chi connectivity index (χ2n) is 19.2. The molecule has 0 saturated carbocycles. The molecule has 0 radical (unpaired) electrons. The molecule has 7 rings (SSSR count). The topological polar surface area (TPSA) is 176 Å². The summed E-state index contributed by atoms with van der Waals surface area (Å²) in [6.07, 6.45) is 6.60. The van der Waals surface area contributed by atoms with Crippen LogP contribution in [0.1, 0.15) is 83.6 Å². The van der Waals surface area contributed by atoms with Crippen molar-refractivity contribution in [3.8, 4) is 28.1 Å². The van der Waals surface area contributed by atoms with Gasteiger partial charge in [0, 0.05) is 81.0 Å². The number of likely N-dealkylation sites (tertiary alicyclic amines) is 1. The number of hydrogen-bond acceptors (Lipinski definition) is 10. The lowest BCUT2D eigenvalue weighted by Crippen LogP contribution is -2.62. The summed E-state index contributed by atoms with van der Waals surface area (Å²) in [4.78, 5) is 76.9. The van der Waals surface area contributed by atoms with Gasteiger partial charge >= 0.3 is 5.97 Å². The standard InChI is InChI=1S/C51H65N7O8.5H2S/c1-10-44(60)56-20-17-34(28-56)48(62)55(8)45(30(3)4)47(61)53-42-23-32-21-35(24-36(59)22-32)33-14-15-43-38(25-33)39(46(57(43)11-2)40-27-52-18-16-37(40)31(5)65-9)26-51(6,7)29-66-50(64)41-13-12-19-58(54-41)49(42)63;;;;;/h10,14-16,18,21-22,24-25,27,30-31,34,41-42,45,54,59H,1,11-13,17,19-20,23,26,28-29H2,2-9H3,(H,53,61);5*1H2/t31-,34-,41-,42-,45-;;;;;/m0...../s1. The van der Waals surface area contributed by atoms with E-state index in [0.717, 1.165) is 38.9 Å². The van der Waals surface area contributed by atoms with Gasteiger partial charge in [-0.1, -0.05) is 46.4 Å². The van der Waals surface area contributed by atoms with Gasteiger partial charge in [-0.25, -0.2) is 5.43 Å². The van der Waals surface area contributed by atoms with E-state index in [9.17, 15) is 29.1 Å². The summed E-state index contributed by atoms with van der Waals surface area (Å²) in [5.41, 5.74) is 9.71. The second-order valence-corrected chi connectivity index (χ2v) is 19.2. The lowest BCUT2D eigenvalue weighted by Gasteiger charge is -2.37. The van der Waals surface area contributed by atoms with Crippen molar-refractivity contribution in [2.24, 2.45) is 17.3 Å². The SMILES string of the molecule is C=CC(=O)N1CC[C@H](C(=O)N(C)[C@H](C(=O)N[C@H]2Cc3cc(O)cc(c3)-c3ccc4c(c3)c(c(-c3cnccc3[C@H](C)OC)n4CC)CC(C)(C)COC(=O)[C@@H]3CCCN(N3)C2=O)C(C)C)C1.S.S.S.S.S. The lowest BCUT2D eigenvalue weighted by molar-refractivity contribution is -0.155. The van der Waals surface area contributed by atoms with Gasteiger partial charge in [0.15, 0.2) is 0 Å². The molecule has 4 amide bonds. The normalized spacial score (nSPS) is 19.5. The number of esters is 1. The molecule has 71 heavy (non-hydrogen) atoms. The number of carbonyl (C=O) groups excluding carboxylic acids is 5. The van der Waals surface area contributed by atoms with E-state index in [1.807, 2.05) is 45.2 Å². The number of hydrogen-bond donors (Lipinski definition) is 3. The van der Waals surface area contributed by atoms with Gasteiger partial charge in [-0.3, -0.25) is 34.0 Å². The van der Waals surface area contributed by atoms with Gasteiger partial charge in [0.25, 0.3) is 5.91 Å². The number of aromatic hydroxyl groups is 1. The van der Waals surface area contributed by atoms with Gasteiger partial charge in [-0.2, -0.15) is 67.5 Å². The first kappa shape index (κ1) is 62.8. The Morgan fingerprint density at radius 2 is 1.75 bits per heavy atom. The average Bonchev–Trinajstić information content (AvgIpc) is 3.92. The summed E-state index contributed by atoms with van der Waals surface area (Å²) in [5.74, 6) is -2.87. The predicted molar refractivity (Wildman–Crippen MR) is 304 cm³/mol. The Morgan fingerprint density at radius 1 is 1.03 bits per heavy atom. The van der Waals surface area contributed by atoms with Crippen molar-refractivity contribution in [2.75, 3.05) is 40.4 Å². The largest absolute Gasteiger partial charge is 0.508 e. The summed E-state index contributed by atoms with van der Waals surface area (Å²) in [7, 11) is 3.27. The lowest BCUT2D eigenvalue weighted by atomic mass is 9.84. The molecule has 2 fully saturated rings. The molecule has 6 bridgehead atoms. The smallest absolute Gasteiger partial charge is 0.324 e. The van der Waals surface area contributed by atoms with Crippen molar-refractivity contribution < 1.29 is 38.6 Å². The predicted octanol–water partition coefficient (Wildman–Crippen LogP) is 6.53. The third-order valence-corrected chi connectivity index (χ3v) is 13.4.